The highest BCUT2D eigenvalue weighted by atomic mass is 16.1. The molecule has 2 heterocycles. The highest BCUT2D eigenvalue weighted by Crippen LogP contribution is 2.34. The summed E-state index contributed by atoms with van der Waals surface area (Å²) >= 11 is 0. The van der Waals surface area contributed by atoms with Crippen molar-refractivity contribution in [2.45, 2.75) is 70.8 Å². The van der Waals surface area contributed by atoms with Gasteiger partial charge in [-0.3, -0.25) is 4.79 Å². The van der Waals surface area contributed by atoms with E-state index < -0.39 is 0 Å². The normalized spacial score (nSPS) is 17.9. The third-order valence-corrected chi connectivity index (χ3v) is 5.52. The number of imidazole rings is 1. The maximum Gasteiger partial charge on any atom is 0.225 e. The molecule has 0 bridgehead atoms. The van der Waals surface area contributed by atoms with Gasteiger partial charge in [0.1, 0.15) is 5.82 Å². The predicted molar refractivity (Wildman–Crippen MR) is 101 cm³/mol. The van der Waals surface area contributed by atoms with Crippen molar-refractivity contribution in [3.05, 3.63) is 23.1 Å². The molecule has 0 spiro atoms. The number of anilines is 3. The summed E-state index contributed by atoms with van der Waals surface area (Å²) in [5.41, 5.74) is 3.42. The Labute approximate surface area is 153 Å². The van der Waals surface area contributed by atoms with Crippen molar-refractivity contribution in [3.63, 3.8) is 0 Å². The molecule has 2 aliphatic rings. The summed E-state index contributed by atoms with van der Waals surface area (Å²) < 4.78 is 0. The lowest BCUT2D eigenvalue weighted by molar-refractivity contribution is -0.117. The van der Waals surface area contributed by atoms with Crippen molar-refractivity contribution in [1.82, 2.24) is 19.9 Å². The number of H-pyrrole nitrogens is 1. The van der Waals surface area contributed by atoms with Crippen LogP contribution in [0.15, 0.2) is 6.20 Å². The highest BCUT2D eigenvalue weighted by molar-refractivity contribution is 5.83. The van der Waals surface area contributed by atoms with E-state index in [0.717, 1.165) is 42.3 Å². The number of aromatic amines is 1. The van der Waals surface area contributed by atoms with Crippen molar-refractivity contribution in [2.75, 3.05) is 10.6 Å². The van der Waals surface area contributed by atoms with Crippen LogP contribution < -0.4 is 10.6 Å². The lowest BCUT2D eigenvalue weighted by Gasteiger charge is -2.14. The Bertz CT molecular complexity index is 808. The van der Waals surface area contributed by atoms with Gasteiger partial charge in [-0.2, -0.15) is 4.98 Å². The minimum absolute atomic E-state index is 0.0656. The standard InChI is InChI=1S/C19H26N6O/c1-11(12(2)26)21-19-22-15-9-5-8-14(15)17(25-19)24-18-20-10-16(23-18)13-6-3-4-7-13/h10-11,13H,3-9H2,1-2H3,(H3,20,21,22,23,24,25). The monoisotopic (exact) mass is 354 g/mol. The zero-order chi connectivity index (χ0) is 18.1. The Balaban J connectivity index is 1.57. The van der Waals surface area contributed by atoms with Crippen molar-refractivity contribution in [1.29, 1.82) is 0 Å². The Kier molecular flexibility index (Phi) is 4.61. The van der Waals surface area contributed by atoms with E-state index in [-0.39, 0.29) is 11.8 Å². The third-order valence-electron chi connectivity index (χ3n) is 5.52. The minimum Gasteiger partial charge on any atom is -0.345 e. The van der Waals surface area contributed by atoms with E-state index in [0.29, 0.717) is 11.9 Å². The second-order valence-electron chi connectivity index (χ2n) is 7.44. The van der Waals surface area contributed by atoms with Crippen LogP contribution in [0.2, 0.25) is 0 Å². The first-order chi connectivity index (χ1) is 12.6. The number of carbonyl (C=O) groups excluding carboxylic acids is 1. The number of Topliss-reactive ketones (excluding diaryl/α,β-unsaturated/α-hetero) is 1. The first kappa shape index (κ1) is 17.0. The topological polar surface area (TPSA) is 95.6 Å². The fourth-order valence-electron chi connectivity index (χ4n) is 3.85. The molecular formula is C19H26N6O. The molecule has 1 unspecified atom stereocenters. The van der Waals surface area contributed by atoms with Crippen molar-refractivity contribution < 1.29 is 4.79 Å². The zero-order valence-electron chi connectivity index (χ0n) is 15.4. The fourth-order valence-corrected chi connectivity index (χ4v) is 3.85. The average molecular weight is 354 g/mol. The lowest BCUT2D eigenvalue weighted by atomic mass is 10.1. The van der Waals surface area contributed by atoms with Crippen LogP contribution in [-0.2, 0) is 17.6 Å². The van der Waals surface area contributed by atoms with E-state index in [4.69, 9.17) is 0 Å². The fraction of sp³-hybridized carbons (Fsp3) is 0.579. The number of carbonyl (C=O) groups is 1. The van der Waals surface area contributed by atoms with Gasteiger partial charge in [0.05, 0.1) is 17.9 Å². The number of hydrogen-bond acceptors (Lipinski definition) is 6. The molecule has 138 valence electrons. The number of aryl methyl sites for hydroxylation is 1. The van der Waals surface area contributed by atoms with Crippen LogP contribution in [0.1, 0.15) is 68.8 Å². The average Bonchev–Trinajstić information content (AvgIpc) is 3.35. The molecule has 0 saturated heterocycles. The Hall–Kier alpha value is -2.44. The molecular weight excluding hydrogens is 328 g/mol. The van der Waals surface area contributed by atoms with Gasteiger partial charge in [-0.05, 0) is 46.0 Å². The van der Waals surface area contributed by atoms with Crippen molar-refractivity contribution in [2.24, 2.45) is 0 Å². The second kappa shape index (κ2) is 7.05. The largest absolute Gasteiger partial charge is 0.345 e. The summed E-state index contributed by atoms with van der Waals surface area (Å²) in [6, 6.07) is -0.306. The van der Waals surface area contributed by atoms with Crippen LogP contribution >= 0.6 is 0 Å². The van der Waals surface area contributed by atoms with Crippen molar-refractivity contribution in [3.8, 4) is 0 Å². The summed E-state index contributed by atoms with van der Waals surface area (Å²) in [4.78, 5) is 28.7. The van der Waals surface area contributed by atoms with Crippen LogP contribution in [0.4, 0.5) is 17.7 Å². The van der Waals surface area contributed by atoms with Gasteiger partial charge in [0.25, 0.3) is 0 Å². The first-order valence-corrected chi connectivity index (χ1v) is 9.59. The van der Waals surface area contributed by atoms with Gasteiger partial charge in [0.2, 0.25) is 11.9 Å². The van der Waals surface area contributed by atoms with Gasteiger partial charge in [-0.15, -0.1) is 0 Å². The van der Waals surface area contributed by atoms with Crippen LogP contribution in [0.5, 0.6) is 0 Å². The van der Waals surface area contributed by atoms with Gasteiger partial charge in [0.15, 0.2) is 5.78 Å². The number of nitrogens with one attached hydrogen (secondary N) is 3. The van der Waals surface area contributed by atoms with E-state index in [9.17, 15) is 4.79 Å². The molecule has 7 nitrogen and oxygen atoms in total. The Morgan fingerprint density at radius 1 is 1.23 bits per heavy atom. The number of hydrogen-bond donors (Lipinski definition) is 3. The lowest BCUT2D eigenvalue weighted by Crippen LogP contribution is -2.25. The van der Waals surface area contributed by atoms with Gasteiger partial charge >= 0.3 is 0 Å². The molecule has 2 aliphatic carbocycles. The quantitative estimate of drug-likeness (QED) is 0.735. The molecule has 7 heteroatoms. The SMILES string of the molecule is CC(=O)C(C)Nc1nc2c(c(Nc3ncc(C4CCCC4)[nH]3)n1)CCC2. The predicted octanol–water partition coefficient (Wildman–Crippen LogP) is 3.48. The van der Waals surface area contributed by atoms with E-state index in [1.54, 1.807) is 6.92 Å². The summed E-state index contributed by atoms with van der Waals surface area (Å²) in [6.07, 6.45) is 10.0. The molecule has 2 aromatic rings. The van der Waals surface area contributed by atoms with Crippen molar-refractivity contribution >= 4 is 23.5 Å². The molecule has 0 aromatic carbocycles. The first-order valence-electron chi connectivity index (χ1n) is 9.59. The van der Waals surface area contributed by atoms with Gasteiger partial charge in [-0.1, -0.05) is 12.8 Å². The van der Waals surface area contributed by atoms with E-state index in [1.807, 2.05) is 13.1 Å². The van der Waals surface area contributed by atoms with Gasteiger partial charge in [0, 0.05) is 17.2 Å². The zero-order valence-corrected chi connectivity index (χ0v) is 15.4. The molecule has 2 aromatic heterocycles. The number of fused-ring (bicyclic) bond motifs is 1. The van der Waals surface area contributed by atoms with E-state index >= 15 is 0 Å². The summed E-state index contributed by atoms with van der Waals surface area (Å²) in [5.74, 6) is 2.68. The molecule has 0 radical (unpaired) electrons. The van der Waals surface area contributed by atoms with Crippen LogP contribution in [-0.4, -0.2) is 31.8 Å². The summed E-state index contributed by atoms with van der Waals surface area (Å²) in [5, 5.41) is 6.45. The maximum atomic E-state index is 11.5. The molecule has 3 N–H and O–H groups in total. The highest BCUT2D eigenvalue weighted by Gasteiger charge is 2.22. The van der Waals surface area contributed by atoms with Gasteiger partial charge < -0.3 is 15.6 Å². The van der Waals surface area contributed by atoms with Crippen LogP contribution in [0, 0.1) is 0 Å². The number of aromatic nitrogens is 4. The van der Waals surface area contributed by atoms with Crippen LogP contribution in [0.25, 0.3) is 0 Å². The number of nitrogens with zero attached hydrogens (tertiary/aromatic N) is 3. The smallest absolute Gasteiger partial charge is 0.225 e. The molecule has 1 fully saturated rings. The molecule has 1 atom stereocenters. The van der Waals surface area contributed by atoms with E-state index in [2.05, 4.69) is 30.6 Å². The second-order valence-corrected chi connectivity index (χ2v) is 7.44. The third kappa shape index (κ3) is 3.43. The molecule has 4 rings (SSSR count). The maximum absolute atomic E-state index is 11.5. The number of ketones is 1. The summed E-state index contributed by atoms with van der Waals surface area (Å²) in [7, 11) is 0. The molecule has 0 amide bonds. The molecule has 1 saturated carbocycles. The Morgan fingerprint density at radius 3 is 2.81 bits per heavy atom. The molecule has 26 heavy (non-hydrogen) atoms. The minimum atomic E-state index is -0.306. The number of rotatable bonds is 6. The summed E-state index contributed by atoms with van der Waals surface area (Å²) in [6.45, 7) is 3.39. The Morgan fingerprint density at radius 2 is 2.04 bits per heavy atom. The van der Waals surface area contributed by atoms with Gasteiger partial charge in [-0.25, -0.2) is 9.97 Å². The molecule has 0 aliphatic heterocycles. The van der Waals surface area contributed by atoms with E-state index in [1.165, 1.54) is 31.4 Å². The van der Waals surface area contributed by atoms with Crippen LogP contribution in [0.3, 0.4) is 0 Å².